The number of hydrogen-bond acceptors (Lipinski definition) is 4. The molecular weight excluding hydrogens is 226 g/mol. The second-order valence-corrected chi connectivity index (χ2v) is 5.22. The predicted octanol–water partition coefficient (Wildman–Crippen LogP) is 2.09. The van der Waals surface area contributed by atoms with Gasteiger partial charge < -0.3 is 15.7 Å². The van der Waals surface area contributed by atoms with Crippen LogP contribution >= 0.6 is 0 Å². The van der Waals surface area contributed by atoms with Gasteiger partial charge in [-0.25, -0.2) is 0 Å². The molecule has 98 valence electrons. The minimum absolute atomic E-state index is 0.183. The summed E-state index contributed by atoms with van der Waals surface area (Å²) in [5.41, 5.74) is 8.91. The third kappa shape index (κ3) is 2.03. The molecule has 1 unspecified atom stereocenters. The Morgan fingerprint density at radius 3 is 2.39 bits per heavy atom. The summed E-state index contributed by atoms with van der Waals surface area (Å²) in [5, 5.41) is 9.83. The highest BCUT2D eigenvalue weighted by molar-refractivity contribution is 5.80. The van der Waals surface area contributed by atoms with Crippen LogP contribution in [0.25, 0.3) is 0 Å². The summed E-state index contributed by atoms with van der Waals surface area (Å²) in [4.78, 5) is 6.47. The molecule has 1 aromatic carbocycles. The molecule has 1 aliphatic heterocycles. The molecule has 0 saturated carbocycles. The molecule has 0 amide bonds. The molecule has 4 nitrogen and oxygen atoms in total. The zero-order valence-corrected chi connectivity index (χ0v) is 11.4. The summed E-state index contributed by atoms with van der Waals surface area (Å²) in [6, 6.07) is 4.55. The standard InChI is InChI=1S/C14H21N3O/c1-8(2)17-12(7-16-14(17)15)11-5-9(3)13(18)10(4)6-11/h5-6,8,12,18H,7H2,1-4H3,(H2,15,16). The average molecular weight is 247 g/mol. The molecule has 0 saturated heterocycles. The van der Waals surface area contributed by atoms with E-state index in [-0.39, 0.29) is 6.04 Å². The maximum Gasteiger partial charge on any atom is 0.192 e. The number of aliphatic imine (C=N–C) groups is 1. The van der Waals surface area contributed by atoms with Crippen molar-refractivity contribution in [2.24, 2.45) is 10.7 Å². The highest BCUT2D eigenvalue weighted by atomic mass is 16.3. The number of aromatic hydroxyl groups is 1. The Morgan fingerprint density at radius 1 is 1.33 bits per heavy atom. The van der Waals surface area contributed by atoms with E-state index in [0.29, 0.717) is 24.3 Å². The van der Waals surface area contributed by atoms with E-state index in [4.69, 9.17) is 5.73 Å². The van der Waals surface area contributed by atoms with E-state index in [1.165, 1.54) is 5.56 Å². The Bertz CT molecular complexity index is 471. The zero-order valence-electron chi connectivity index (χ0n) is 11.4. The second kappa shape index (κ2) is 4.52. The molecule has 2 rings (SSSR count). The van der Waals surface area contributed by atoms with Crippen LogP contribution in [-0.4, -0.2) is 28.6 Å². The smallest absolute Gasteiger partial charge is 0.192 e. The van der Waals surface area contributed by atoms with Crippen molar-refractivity contribution >= 4 is 5.96 Å². The van der Waals surface area contributed by atoms with Crippen LogP contribution < -0.4 is 5.73 Å². The highest BCUT2D eigenvalue weighted by Gasteiger charge is 2.29. The van der Waals surface area contributed by atoms with Gasteiger partial charge in [0.2, 0.25) is 0 Å². The van der Waals surface area contributed by atoms with Gasteiger partial charge in [0.1, 0.15) is 5.75 Å². The summed E-state index contributed by atoms with van der Waals surface area (Å²) >= 11 is 0. The van der Waals surface area contributed by atoms with Crippen LogP contribution in [0, 0.1) is 13.8 Å². The van der Waals surface area contributed by atoms with Crippen molar-refractivity contribution in [2.75, 3.05) is 6.54 Å². The fourth-order valence-corrected chi connectivity index (χ4v) is 2.58. The van der Waals surface area contributed by atoms with Crippen LogP contribution in [-0.2, 0) is 0 Å². The normalized spacial score (nSPS) is 19.5. The van der Waals surface area contributed by atoms with Crippen molar-refractivity contribution in [2.45, 2.75) is 39.8 Å². The Morgan fingerprint density at radius 2 is 1.89 bits per heavy atom. The molecule has 3 N–H and O–H groups in total. The van der Waals surface area contributed by atoms with E-state index in [2.05, 4.69) is 23.7 Å². The topological polar surface area (TPSA) is 61.8 Å². The fraction of sp³-hybridized carbons (Fsp3) is 0.500. The van der Waals surface area contributed by atoms with Crippen molar-refractivity contribution in [3.63, 3.8) is 0 Å². The zero-order chi connectivity index (χ0) is 13.4. The predicted molar refractivity (Wildman–Crippen MR) is 73.8 cm³/mol. The first-order valence-corrected chi connectivity index (χ1v) is 6.30. The van der Waals surface area contributed by atoms with E-state index in [0.717, 1.165) is 11.1 Å². The molecule has 1 aliphatic rings. The first-order chi connectivity index (χ1) is 8.41. The summed E-state index contributed by atoms with van der Waals surface area (Å²) in [5.74, 6) is 0.986. The molecule has 1 aromatic rings. The summed E-state index contributed by atoms with van der Waals surface area (Å²) in [6.45, 7) is 8.75. The lowest BCUT2D eigenvalue weighted by atomic mass is 9.99. The summed E-state index contributed by atoms with van der Waals surface area (Å²) in [7, 11) is 0. The lowest BCUT2D eigenvalue weighted by Crippen LogP contribution is -2.41. The number of phenolic OH excluding ortho intramolecular Hbond substituents is 1. The van der Waals surface area contributed by atoms with Crippen molar-refractivity contribution in [1.82, 2.24) is 4.90 Å². The third-order valence-corrected chi connectivity index (χ3v) is 3.48. The third-order valence-electron chi connectivity index (χ3n) is 3.48. The summed E-state index contributed by atoms with van der Waals surface area (Å²) in [6.07, 6.45) is 0. The van der Waals surface area contributed by atoms with Gasteiger partial charge in [0.25, 0.3) is 0 Å². The number of guanidine groups is 1. The fourth-order valence-electron chi connectivity index (χ4n) is 2.58. The van der Waals surface area contributed by atoms with E-state index >= 15 is 0 Å². The van der Waals surface area contributed by atoms with Crippen LogP contribution in [0.1, 0.15) is 36.6 Å². The molecule has 1 heterocycles. The molecule has 0 aliphatic carbocycles. The molecule has 0 aromatic heterocycles. The van der Waals surface area contributed by atoms with Gasteiger partial charge in [0, 0.05) is 6.04 Å². The van der Waals surface area contributed by atoms with E-state index < -0.39 is 0 Å². The average Bonchev–Trinajstić information content (AvgIpc) is 2.67. The van der Waals surface area contributed by atoms with Crippen molar-refractivity contribution < 1.29 is 5.11 Å². The van der Waals surface area contributed by atoms with Crippen LogP contribution in [0.3, 0.4) is 0 Å². The van der Waals surface area contributed by atoms with Crippen LogP contribution in [0.4, 0.5) is 0 Å². The lowest BCUT2D eigenvalue weighted by molar-refractivity contribution is 0.290. The minimum atomic E-state index is 0.183. The van der Waals surface area contributed by atoms with Crippen LogP contribution in [0.5, 0.6) is 5.75 Å². The largest absolute Gasteiger partial charge is 0.507 e. The minimum Gasteiger partial charge on any atom is -0.507 e. The summed E-state index contributed by atoms with van der Waals surface area (Å²) < 4.78 is 0. The van der Waals surface area contributed by atoms with Crippen LogP contribution in [0.2, 0.25) is 0 Å². The van der Waals surface area contributed by atoms with Gasteiger partial charge in [-0.05, 0) is 44.4 Å². The molecule has 0 fully saturated rings. The van der Waals surface area contributed by atoms with Gasteiger partial charge in [-0.1, -0.05) is 12.1 Å². The van der Waals surface area contributed by atoms with E-state index in [9.17, 15) is 5.11 Å². The van der Waals surface area contributed by atoms with Crippen molar-refractivity contribution in [3.8, 4) is 5.75 Å². The SMILES string of the molecule is Cc1cc(C2CN=C(N)N2C(C)C)cc(C)c1O. The maximum absolute atomic E-state index is 9.83. The molecule has 1 atom stereocenters. The molecule has 4 heteroatoms. The first kappa shape index (κ1) is 12.7. The van der Waals surface area contributed by atoms with Gasteiger partial charge in [-0.2, -0.15) is 0 Å². The number of aryl methyl sites for hydroxylation is 2. The van der Waals surface area contributed by atoms with Gasteiger partial charge in [-0.3, -0.25) is 4.99 Å². The molecular formula is C14H21N3O. The lowest BCUT2D eigenvalue weighted by Gasteiger charge is -2.30. The van der Waals surface area contributed by atoms with Crippen molar-refractivity contribution in [3.05, 3.63) is 28.8 Å². The van der Waals surface area contributed by atoms with Gasteiger partial charge in [0.15, 0.2) is 5.96 Å². The Kier molecular flexibility index (Phi) is 3.20. The number of benzene rings is 1. The Balaban J connectivity index is 2.38. The quantitative estimate of drug-likeness (QED) is 0.841. The molecule has 0 spiro atoms. The molecule has 0 bridgehead atoms. The number of hydrogen-bond donors (Lipinski definition) is 2. The Labute approximate surface area is 108 Å². The number of nitrogens with two attached hydrogens (primary N) is 1. The first-order valence-electron chi connectivity index (χ1n) is 6.30. The highest BCUT2D eigenvalue weighted by Crippen LogP contribution is 2.32. The maximum atomic E-state index is 9.83. The number of phenols is 1. The van der Waals surface area contributed by atoms with Gasteiger partial charge in [-0.15, -0.1) is 0 Å². The molecule has 18 heavy (non-hydrogen) atoms. The Hall–Kier alpha value is -1.71. The van der Waals surface area contributed by atoms with E-state index in [1.54, 1.807) is 0 Å². The van der Waals surface area contributed by atoms with Crippen molar-refractivity contribution in [1.29, 1.82) is 0 Å². The number of rotatable bonds is 2. The monoisotopic (exact) mass is 247 g/mol. The second-order valence-electron chi connectivity index (χ2n) is 5.22. The van der Waals surface area contributed by atoms with Crippen LogP contribution in [0.15, 0.2) is 17.1 Å². The van der Waals surface area contributed by atoms with Gasteiger partial charge >= 0.3 is 0 Å². The number of nitrogens with zero attached hydrogens (tertiary/aromatic N) is 2. The molecule has 0 radical (unpaired) electrons. The van der Waals surface area contributed by atoms with E-state index in [1.807, 2.05) is 26.0 Å². The van der Waals surface area contributed by atoms with Gasteiger partial charge in [0.05, 0.1) is 12.6 Å².